The summed E-state index contributed by atoms with van der Waals surface area (Å²) in [6.45, 7) is 3.30. The van der Waals surface area contributed by atoms with Crippen molar-refractivity contribution in [2.45, 2.75) is 43.7 Å². The number of aliphatic hydroxyl groups excluding tert-OH is 1. The van der Waals surface area contributed by atoms with Crippen LogP contribution in [0.15, 0.2) is 29.1 Å². The highest BCUT2D eigenvalue weighted by atomic mass is 32.2. The van der Waals surface area contributed by atoms with E-state index >= 15 is 8.78 Å². The Labute approximate surface area is 217 Å². The van der Waals surface area contributed by atoms with Gasteiger partial charge >= 0.3 is 0 Å². The Hall–Kier alpha value is -3.09. The van der Waals surface area contributed by atoms with Crippen LogP contribution < -0.4 is 31.7 Å². The molecule has 0 radical (unpaired) electrons. The van der Waals surface area contributed by atoms with Gasteiger partial charge in [0.05, 0.1) is 47.1 Å². The molecule has 1 aliphatic carbocycles. The molecule has 1 aromatic carbocycles. The van der Waals surface area contributed by atoms with Crippen LogP contribution in [0.1, 0.15) is 48.1 Å². The Balaban J connectivity index is 1.75. The molecule has 1 unspecified atom stereocenters. The van der Waals surface area contributed by atoms with Crippen molar-refractivity contribution in [1.29, 1.82) is 0 Å². The monoisotopic (exact) mass is 532 g/mol. The maximum atomic E-state index is 15.5. The van der Waals surface area contributed by atoms with Gasteiger partial charge < -0.3 is 36.8 Å². The number of carbonyl (C=O) groups is 1. The van der Waals surface area contributed by atoms with Crippen molar-refractivity contribution in [2.24, 2.45) is 23.1 Å². The fourth-order valence-corrected chi connectivity index (χ4v) is 6.89. The van der Waals surface area contributed by atoms with Gasteiger partial charge in [-0.1, -0.05) is 18.7 Å². The number of nitrogens with zero attached hydrogens (tertiary/aromatic N) is 3. The molecule has 1 amide bonds. The van der Waals surface area contributed by atoms with E-state index in [1.165, 1.54) is 24.3 Å². The fourth-order valence-electron chi connectivity index (χ4n) is 5.68. The zero-order valence-electron chi connectivity index (χ0n) is 20.6. The van der Waals surface area contributed by atoms with Crippen LogP contribution in [0.3, 0.4) is 0 Å². The van der Waals surface area contributed by atoms with Gasteiger partial charge in [-0.25, -0.2) is 8.78 Å². The first-order valence-electron chi connectivity index (χ1n) is 12.1. The Bertz CT molecular complexity index is 1280. The minimum atomic E-state index is -1.10. The van der Waals surface area contributed by atoms with Crippen molar-refractivity contribution in [3.8, 4) is 5.75 Å². The summed E-state index contributed by atoms with van der Waals surface area (Å²) in [4.78, 5) is 20.8. The van der Waals surface area contributed by atoms with Crippen LogP contribution in [0.4, 0.5) is 20.2 Å². The number of methoxy groups -OCH3 is 1. The van der Waals surface area contributed by atoms with E-state index in [4.69, 9.17) is 21.9 Å². The maximum Gasteiger partial charge on any atom is 0.268 e. The van der Waals surface area contributed by atoms with Crippen molar-refractivity contribution >= 4 is 29.0 Å². The largest absolute Gasteiger partial charge is 0.494 e. The molecule has 7 N–H and O–H groups in total. The summed E-state index contributed by atoms with van der Waals surface area (Å²) in [7, 11) is 1.29. The quantitative estimate of drug-likeness (QED) is 0.456. The van der Waals surface area contributed by atoms with Gasteiger partial charge in [0.15, 0.2) is 11.6 Å². The molecule has 37 heavy (non-hydrogen) atoms. The molecular formula is C25H30F2N6O3S. The number of carbonyl (C=O) groups excluding carboxylic acids is 1. The SMILES string of the molecule is COc1ccc(F)c(C2SC(N)=C(C(N)=O)N2c2cnc3c(c2N2C[C@H](C)C[C@H](N)C2)CC[C@H]3O)c1F. The Morgan fingerprint density at radius 1 is 1.30 bits per heavy atom. The average molecular weight is 533 g/mol. The van der Waals surface area contributed by atoms with Gasteiger partial charge in [0.25, 0.3) is 5.91 Å². The first-order chi connectivity index (χ1) is 17.6. The molecule has 0 spiro atoms. The number of thioether (sulfide) groups is 1. The molecule has 3 aliphatic rings. The Morgan fingerprint density at radius 3 is 2.73 bits per heavy atom. The number of pyridine rings is 1. The van der Waals surface area contributed by atoms with Crippen molar-refractivity contribution in [2.75, 3.05) is 30.0 Å². The summed E-state index contributed by atoms with van der Waals surface area (Å²) in [6, 6.07) is 2.21. The predicted molar refractivity (Wildman–Crippen MR) is 138 cm³/mol. The summed E-state index contributed by atoms with van der Waals surface area (Å²) < 4.78 is 35.8. The number of amides is 1. The standard InChI is InChI=1S/C25H30F2N6O3S/c1-11-7-12(28)10-32(9-11)21-13-3-5-16(34)20(13)31-8-15(21)33-22(23(29)35)24(30)37-25(33)18-14(26)4-6-17(36-2)19(18)27/h4,6,8,11-12,16,25,34H,3,5,7,9-10,28,30H2,1-2H3,(H2,29,35)/t11-,12+,16-,25?/m1/s1. The molecule has 5 rings (SSSR count). The van der Waals surface area contributed by atoms with E-state index in [1.54, 1.807) is 0 Å². The van der Waals surface area contributed by atoms with E-state index in [0.29, 0.717) is 43.0 Å². The van der Waals surface area contributed by atoms with Gasteiger partial charge in [-0.05, 0) is 37.3 Å². The number of hydrogen-bond donors (Lipinski definition) is 4. The Kier molecular flexibility index (Phi) is 6.67. The molecule has 2 aromatic rings. The van der Waals surface area contributed by atoms with E-state index in [9.17, 15) is 9.90 Å². The number of hydrogen-bond acceptors (Lipinski definition) is 9. The molecule has 1 saturated heterocycles. The number of aromatic nitrogens is 1. The summed E-state index contributed by atoms with van der Waals surface area (Å²) >= 11 is 0.922. The molecular weight excluding hydrogens is 502 g/mol. The normalized spacial score (nSPS) is 25.6. The molecule has 1 fully saturated rings. The highest BCUT2D eigenvalue weighted by Crippen LogP contribution is 2.54. The predicted octanol–water partition coefficient (Wildman–Crippen LogP) is 2.39. The number of benzene rings is 1. The minimum Gasteiger partial charge on any atom is -0.494 e. The number of nitrogens with two attached hydrogens (primary N) is 3. The second-order valence-corrected chi connectivity index (χ2v) is 10.9. The van der Waals surface area contributed by atoms with Crippen LogP contribution in [0.25, 0.3) is 0 Å². The number of fused-ring (bicyclic) bond motifs is 1. The molecule has 12 heteroatoms. The first-order valence-corrected chi connectivity index (χ1v) is 13.0. The van der Waals surface area contributed by atoms with E-state index in [0.717, 1.165) is 29.8 Å². The zero-order valence-corrected chi connectivity index (χ0v) is 21.4. The molecule has 3 heterocycles. The molecule has 198 valence electrons. The van der Waals surface area contributed by atoms with Crippen molar-refractivity contribution in [3.05, 3.63) is 57.5 Å². The van der Waals surface area contributed by atoms with Crippen LogP contribution in [-0.2, 0) is 11.2 Å². The second-order valence-electron chi connectivity index (χ2n) is 9.81. The molecule has 2 aliphatic heterocycles. The summed E-state index contributed by atoms with van der Waals surface area (Å²) in [5.41, 5.74) is 20.5. The second kappa shape index (κ2) is 9.66. The van der Waals surface area contributed by atoms with E-state index in [1.807, 2.05) is 0 Å². The Morgan fingerprint density at radius 2 is 2.05 bits per heavy atom. The lowest BCUT2D eigenvalue weighted by Gasteiger charge is -2.40. The first kappa shape index (κ1) is 25.6. The van der Waals surface area contributed by atoms with Crippen LogP contribution in [0.2, 0.25) is 0 Å². The lowest BCUT2D eigenvalue weighted by molar-refractivity contribution is -0.114. The molecule has 0 saturated carbocycles. The van der Waals surface area contributed by atoms with Crippen molar-refractivity contribution in [1.82, 2.24) is 4.98 Å². The van der Waals surface area contributed by atoms with Crippen molar-refractivity contribution < 1.29 is 23.4 Å². The van der Waals surface area contributed by atoms with Gasteiger partial charge in [-0.15, -0.1) is 0 Å². The lowest BCUT2D eigenvalue weighted by atomic mass is 9.95. The number of aliphatic hydroxyl groups is 1. The number of anilines is 2. The third-order valence-electron chi connectivity index (χ3n) is 7.15. The van der Waals surface area contributed by atoms with Crippen molar-refractivity contribution in [3.63, 3.8) is 0 Å². The van der Waals surface area contributed by atoms with Gasteiger partial charge in [0.1, 0.15) is 16.9 Å². The maximum absolute atomic E-state index is 15.5. The number of primary amides is 1. The van der Waals surface area contributed by atoms with E-state index in [2.05, 4.69) is 16.8 Å². The van der Waals surface area contributed by atoms with Crippen LogP contribution >= 0.6 is 11.8 Å². The van der Waals surface area contributed by atoms with Crippen LogP contribution in [-0.4, -0.2) is 42.2 Å². The van der Waals surface area contributed by atoms with E-state index < -0.39 is 29.0 Å². The number of piperidine rings is 1. The molecule has 0 bridgehead atoms. The summed E-state index contributed by atoms with van der Waals surface area (Å²) in [6.07, 6.45) is 2.67. The van der Waals surface area contributed by atoms with Crippen LogP contribution in [0, 0.1) is 17.6 Å². The number of rotatable bonds is 5. The van der Waals surface area contributed by atoms with E-state index in [-0.39, 0.29) is 34.0 Å². The summed E-state index contributed by atoms with van der Waals surface area (Å²) in [5.74, 6) is -2.43. The summed E-state index contributed by atoms with van der Waals surface area (Å²) in [5, 5.41) is 9.50. The van der Waals surface area contributed by atoms with Gasteiger partial charge in [-0.3, -0.25) is 9.78 Å². The average Bonchev–Trinajstić information content (AvgIpc) is 3.37. The van der Waals surface area contributed by atoms with Crippen LogP contribution in [0.5, 0.6) is 5.75 Å². The lowest BCUT2D eigenvalue weighted by Crippen LogP contribution is -2.47. The highest BCUT2D eigenvalue weighted by Gasteiger charge is 2.43. The zero-order chi connectivity index (χ0) is 26.6. The number of halogens is 2. The third kappa shape index (κ3) is 4.26. The molecule has 4 atom stereocenters. The molecule has 1 aromatic heterocycles. The fraction of sp³-hybridized carbons (Fsp3) is 0.440. The molecule has 9 nitrogen and oxygen atoms in total. The minimum absolute atomic E-state index is 0.0364. The highest BCUT2D eigenvalue weighted by molar-refractivity contribution is 8.03. The number of ether oxygens (including phenoxy) is 1. The third-order valence-corrected chi connectivity index (χ3v) is 8.27. The van der Waals surface area contributed by atoms with Gasteiger partial charge in [-0.2, -0.15) is 0 Å². The van der Waals surface area contributed by atoms with Gasteiger partial charge in [0, 0.05) is 24.7 Å². The topological polar surface area (TPSA) is 144 Å². The van der Waals surface area contributed by atoms with Gasteiger partial charge in [0.2, 0.25) is 0 Å². The smallest absolute Gasteiger partial charge is 0.268 e.